The minimum Gasteiger partial charge on any atom is -0.302 e. The Labute approximate surface area is 142 Å². The van der Waals surface area contributed by atoms with E-state index in [1.54, 1.807) is 11.8 Å². The summed E-state index contributed by atoms with van der Waals surface area (Å²) in [7, 11) is 0. The van der Waals surface area contributed by atoms with Gasteiger partial charge in [0.2, 0.25) is 11.8 Å². The number of amides is 2. The molecule has 0 radical (unpaired) electrons. The van der Waals surface area contributed by atoms with Crippen LogP contribution in [0.5, 0.6) is 0 Å². The first kappa shape index (κ1) is 14.4. The van der Waals surface area contributed by atoms with Gasteiger partial charge in [0.1, 0.15) is 5.92 Å². The second-order valence-electron chi connectivity index (χ2n) is 5.44. The number of hydrogen-bond acceptors (Lipinski definition) is 4. The lowest BCUT2D eigenvalue weighted by Gasteiger charge is -2.34. The molecule has 0 spiro atoms. The van der Waals surface area contributed by atoms with Crippen molar-refractivity contribution in [2.45, 2.75) is 15.7 Å². The Morgan fingerprint density at radius 2 is 1.26 bits per heavy atom. The summed E-state index contributed by atoms with van der Waals surface area (Å²) in [6.45, 7) is 0. The molecular formula is C17H12N2O2S2. The Morgan fingerprint density at radius 1 is 0.783 bits per heavy atom. The Kier molecular flexibility index (Phi) is 3.43. The zero-order chi connectivity index (χ0) is 16.0. The second kappa shape index (κ2) is 5.47. The van der Waals surface area contributed by atoms with Crippen LogP contribution in [0.3, 0.4) is 0 Å². The maximum atomic E-state index is 12.5. The molecule has 2 aliphatic heterocycles. The fourth-order valence-electron chi connectivity index (χ4n) is 3.14. The topological polar surface area (TPSA) is 58.2 Å². The van der Waals surface area contributed by atoms with Crippen LogP contribution in [0, 0.1) is 5.92 Å². The van der Waals surface area contributed by atoms with Crippen molar-refractivity contribution in [1.29, 1.82) is 0 Å². The number of thiocarbonyl (C=S) groups is 1. The highest BCUT2D eigenvalue weighted by atomic mass is 32.2. The highest BCUT2D eigenvalue weighted by molar-refractivity contribution is 7.99. The second-order valence-corrected chi connectivity index (χ2v) is 6.93. The molecule has 0 saturated carbocycles. The molecule has 0 bridgehead atoms. The van der Waals surface area contributed by atoms with Gasteiger partial charge in [0.05, 0.1) is 0 Å². The van der Waals surface area contributed by atoms with Crippen molar-refractivity contribution in [2.24, 2.45) is 5.92 Å². The molecule has 2 heterocycles. The monoisotopic (exact) mass is 340 g/mol. The molecule has 2 aromatic carbocycles. The third kappa shape index (κ3) is 2.34. The SMILES string of the molecule is O=C1NC(=S)NC(=O)C1C1c2ccccc2Sc2ccccc21. The molecule has 0 unspecified atom stereocenters. The van der Waals surface area contributed by atoms with E-state index < -0.39 is 5.92 Å². The average Bonchev–Trinajstić information content (AvgIpc) is 2.53. The van der Waals surface area contributed by atoms with Gasteiger partial charge >= 0.3 is 0 Å². The minimum atomic E-state index is -0.829. The molecule has 114 valence electrons. The normalized spacial score (nSPS) is 18.0. The molecule has 0 atom stereocenters. The summed E-state index contributed by atoms with van der Waals surface area (Å²) in [5, 5.41) is 5.22. The van der Waals surface area contributed by atoms with Crippen molar-refractivity contribution in [3.05, 3.63) is 59.7 Å². The van der Waals surface area contributed by atoms with Crippen LogP contribution in [0.15, 0.2) is 58.3 Å². The van der Waals surface area contributed by atoms with Crippen molar-refractivity contribution in [1.82, 2.24) is 10.6 Å². The van der Waals surface area contributed by atoms with Crippen LogP contribution in [0.25, 0.3) is 0 Å². The van der Waals surface area contributed by atoms with Crippen LogP contribution in [0.1, 0.15) is 17.0 Å². The van der Waals surface area contributed by atoms with Gasteiger partial charge in [-0.1, -0.05) is 48.2 Å². The average molecular weight is 340 g/mol. The first-order valence-electron chi connectivity index (χ1n) is 7.16. The van der Waals surface area contributed by atoms with Crippen LogP contribution in [-0.4, -0.2) is 16.9 Å². The lowest BCUT2D eigenvalue weighted by atomic mass is 9.78. The first-order chi connectivity index (χ1) is 11.1. The van der Waals surface area contributed by atoms with Crippen molar-refractivity contribution in [2.75, 3.05) is 0 Å². The van der Waals surface area contributed by atoms with Crippen LogP contribution < -0.4 is 10.6 Å². The van der Waals surface area contributed by atoms with E-state index in [-0.39, 0.29) is 22.8 Å². The first-order valence-corrected chi connectivity index (χ1v) is 8.39. The Balaban J connectivity index is 1.89. The zero-order valence-corrected chi connectivity index (χ0v) is 13.5. The van der Waals surface area contributed by atoms with Gasteiger partial charge in [-0.25, -0.2) is 0 Å². The number of nitrogens with one attached hydrogen (secondary N) is 2. The van der Waals surface area contributed by atoms with Gasteiger partial charge in [-0.2, -0.15) is 0 Å². The molecule has 0 aliphatic carbocycles. The fraction of sp³-hybridized carbons (Fsp3) is 0.118. The molecule has 23 heavy (non-hydrogen) atoms. The van der Waals surface area contributed by atoms with Gasteiger partial charge in [-0.15, -0.1) is 0 Å². The molecule has 6 heteroatoms. The smallest absolute Gasteiger partial charge is 0.239 e. The molecule has 4 nitrogen and oxygen atoms in total. The molecule has 1 saturated heterocycles. The predicted octanol–water partition coefficient (Wildman–Crippen LogP) is 2.43. The lowest BCUT2D eigenvalue weighted by molar-refractivity contribution is -0.135. The van der Waals surface area contributed by atoms with Crippen LogP contribution in [0.4, 0.5) is 0 Å². The van der Waals surface area contributed by atoms with Crippen LogP contribution in [0.2, 0.25) is 0 Å². The van der Waals surface area contributed by atoms with Gasteiger partial charge in [-0.3, -0.25) is 9.59 Å². The largest absolute Gasteiger partial charge is 0.302 e. The lowest BCUT2D eigenvalue weighted by Crippen LogP contribution is -2.57. The van der Waals surface area contributed by atoms with E-state index in [0.717, 1.165) is 20.9 Å². The van der Waals surface area contributed by atoms with E-state index in [9.17, 15) is 9.59 Å². The summed E-state index contributed by atoms with van der Waals surface area (Å²) in [4.78, 5) is 27.1. The highest BCUT2D eigenvalue weighted by Gasteiger charge is 2.43. The van der Waals surface area contributed by atoms with Crippen LogP contribution in [-0.2, 0) is 9.59 Å². The molecule has 2 aliphatic rings. The Morgan fingerprint density at radius 3 is 1.78 bits per heavy atom. The molecule has 1 fully saturated rings. The van der Waals surface area contributed by atoms with Crippen molar-refractivity contribution < 1.29 is 9.59 Å². The van der Waals surface area contributed by atoms with Crippen LogP contribution >= 0.6 is 24.0 Å². The van der Waals surface area contributed by atoms with E-state index in [4.69, 9.17) is 12.2 Å². The Hall–Kier alpha value is -2.18. The number of hydrogen-bond donors (Lipinski definition) is 2. The number of rotatable bonds is 1. The summed E-state index contributed by atoms with van der Waals surface area (Å²) in [6, 6.07) is 15.8. The van der Waals surface area contributed by atoms with E-state index in [2.05, 4.69) is 10.6 Å². The molecule has 0 aromatic heterocycles. The fourth-order valence-corrected chi connectivity index (χ4v) is 4.50. The third-order valence-electron chi connectivity index (χ3n) is 4.10. The van der Waals surface area contributed by atoms with Crippen molar-refractivity contribution >= 4 is 40.9 Å². The summed E-state index contributed by atoms with van der Waals surface area (Å²) >= 11 is 6.57. The summed E-state index contributed by atoms with van der Waals surface area (Å²) < 4.78 is 0. The quantitative estimate of drug-likeness (QED) is 0.618. The third-order valence-corrected chi connectivity index (χ3v) is 5.49. The van der Waals surface area contributed by atoms with Crippen molar-refractivity contribution in [3.63, 3.8) is 0 Å². The van der Waals surface area contributed by atoms with E-state index in [1.807, 2.05) is 48.5 Å². The van der Waals surface area contributed by atoms with E-state index in [1.165, 1.54) is 0 Å². The predicted molar refractivity (Wildman–Crippen MR) is 91.2 cm³/mol. The van der Waals surface area contributed by atoms with E-state index >= 15 is 0 Å². The van der Waals surface area contributed by atoms with Gasteiger partial charge in [-0.05, 0) is 35.5 Å². The standard InChI is InChI=1S/C17H12N2O2S2/c20-15-14(16(21)19-17(22)18-15)13-9-5-1-3-7-11(9)23-12-8-4-2-6-10(12)13/h1-8,13-14H,(H2,18,19,20,21,22). The maximum Gasteiger partial charge on any atom is 0.239 e. The highest BCUT2D eigenvalue weighted by Crippen LogP contribution is 2.48. The number of fused-ring (bicyclic) bond motifs is 2. The number of carbonyl (C=O) groups excluding carboxylic acids is 2. The Bertz CT molecular complexity index is 784. The number of benzene rings is 2. The van der Waals surface area contributed by atoms with Gasteiger partial charge < -0.3 is 10.6 Å². The van der Waals surface area contributed by atoms with Gasteiger partial charge in [0.25, 0.3) is 0 Å². The molecule has 4 rings (SSSR count). The van der Waals surface area contributed by atoms with Gasteiger partial charge in [0, 0.05) is 15.7 Å². The zero-order valence-electron chi connectivity index (χ0n) is 11.9. The summed E-state index contributed by atoms with van der Waals surface area (Å²) in [5.74, 6) is -1.84. The number of carbonyl (C=O) groups is 2. The minimum absolute atomic E-state index is 0.0722. The van der Waals surface area contributed by atoms with E-state index in [0.29, 0.717) is 0 Å². The summed E-state index contributed by atoms with van der Waals surface area (Å²) in [6.07, 6.45) is 0. The molecular weight excluding hydrogens is 328 g/mol. The van der Waals surface area contributed by atoms with Crippen molar-refractivity contribution in [3.8, 4) is 0 Å². The molecule has 2 N–H and O–H groups in total. The summed E-state index contributed by atoms with van der Waals surface area (Å²) in [5.41, 5.74) is 2.00. The maximum absolute atomic E-state index is 12.5. The molecule has 2 amide bonds. The molecule has 2 aromatic rings. The van der Waals surface area contributed by atoms with Gasteiger partial charge in [0.15, 0.2) is 5.11 Å².